The molecule has 2 fully saturated rings. The monoisotopic (exact) mass is 195 g/mol. The van der Waals surface area contributed by atoms with Crippen LogP contribution in [0.1, 0.15) is 46.0 Å². The Kier molecular flexibility index (Phi) is 3.16. The number of nitrogens with one attached hydrogen (secondary N) is 1. The Hall–Kier alpha value is -0.0400. The van der Waals surface area contributed by atoms with Crippen molar-refractivity contribution in [3.63, 3.8) is 0 Å². The molecule has 2 aliphatic carbocycles. The first-order chi connectivity index (χ1) is 6.74. The van der Waals surface area contributed by atoms with E-state index in [1.54, 1.807) is 0 Å². The quantitative estimate of drug-likeness (QED) is 0.714. The first-order valence-electron chi connectivity index (χ1n) is 6.41. The van der Waals surface area contributed by atoms with E-state index >= 15 is 0 Å². The molecule has 82 valence electrons. The SMILES string of the molecule is CCC1CC2CC(C)C(NC)C(C1)C2. The summed E-state index contributed by atoms with van der Waals surface area (Å²) >= 11 is 0. The first kappa shape index (κ1) is 10.5. The molecule has 0 aromatic rings. The maximum Gasteiger partial charge on any atom is 0.0118 e. The van der Waals surface area contributed by atoms with Gasteiger partial charge in [-0.05, 0) is 56.4 Å². The van der Waals surface area contributed by atoms with E-state index in [-0.39, 0.29) is 0 Å². The Bertz CT molecular complexity index is 188. The largest absolute Gasteiger partial charge is 0.316 e. The first-order valence-corrected chi connectivity index (χ1v) is 6.41. The summed E-state index contributed by atoms with van der Waals surface area (Å²) in [6.45, 7) is 4.80. The van der Waals surface area contributed by atoms with E-state index in [0.29, 0.717) is 0 Å². The highest BCUT2D eigenvalue weighted by Gasteiger charge is 2.39. The van der Waals surface area contributed by atoms with Crippen molar-refractivity contribution in [2.24, 2.45) is 23.7 Å². The van der Waals surface area contributed by atoms with Crippen LogP contribution in [0.3, 0.4) is 0 Å². The van der Waals surface area contributed by atoms with Crippen LogP contribution in [0.25, 0.3) is 0 Å². The average molecular weight is 195 g/mol. The molecule has 0 aromatic carbocycles. The van der Waals surface area contributed by atoms with Crippen molar-refractivity contribution in [2.45, 2.75) is 52.0 Å². The van der Waals surface area contributed by atoms with Crippen LogP contribution in [0.4, 0.5) is 0 Å². The van der Waals surface area contributed by atoms with Gasteiger partial charge in [-0.15, -0.1) is 0 Å². The fourth-order valence-electron chi connectivity index (χ4n) is 4.09. The van der Waals surface area contributed by atoms with E-state index in [0.717, 1.165) is 29.7 Å². The lowest BCUT2D eigenvalue weighted by Crippen LogP contribution is -2.47. The minimum absolute atomic E-state index is 0.806. The Labute approximate surface area is 88.7 Å². The van der Waals surface area contributed by atoms with Gasteiger partial charge in [0.2, 0.25) is 0 Å². The minimum atomic E-state index is 0.806. The van der Waals surface area contributed by atoms with Gasteiger partial charge in [0.05, 0.1) is 0 Å². The van der Waals surface area contributed by atoms with Gasteiger partial charge < -0.3 is 5.32 Å². The molecule has 2 saturated carbocycles. The van der Waals surface area contributed by atoms with Gasteiger partial charge in [0, 0.05) is 6.04 Å². The summed E-state index contributed by atoms with van der Waals surface area (Å²) < 4.78 is 0. The Morgan fingerprint density at radius 3 is 2.57 bits per heavy atom. The van der Waals surface area contributed by atoms with E-state index < -0.39 is 0 Å². The Morgan fingerprint density at radius 1 is 1.14 bits per heavy atom. The van der Waals surface area contributed by atoms with E-state index in [1.807, 2.05) is 0 Å². The Balaban J connectivity index is 2.04. The summed E-state index contributed by atoms with van der Waals surface area (Å²) in [6.07, 6.45) is 7.39. The van der Waals surface area contributed by atoms with Crippen LogP contribution in [-0.4, -0.2) is 13.1 Å². The average Bonchev–Trinajstić information content (AvgIpc) is 2.17. The van der Waals surface area contributed by atoms with Gasteiger partial charge in [0.25, 0.3) is 0 Å². The fraction of sp³-hybridized carbons (Fsp3) is 1.00. The number of fused-ring (bicyclic) bond motifs is 2. The Morgan fingerprint density at radius 2 is 1.93 bits per heavy atom. The third kappa shape index (κ3) is 1.84. The highest BCUT2D eigenvalue weighted by atomic mass is 14.9. The van der Waals surface area contributed by atoms with Crippen LogP contribution in [0, 0.1) is 23.7 Å². The molecule has 0 heterocycles. The molecule has 0 aromatic heterocycles. The fourth-order valence-corrected chi connectivity index (χ4v) is 4.09. The van der Waals surface area contributed by atoms with Gasteiger partial charge in [-0.3, -0.25) is 0 Å². The normalized spacial score (nSPS) is 47.8. The zero-order chi connectivity index (χ0) is 10.1. The van der Waals surface area contributed by atoms with E-state index in [1.165, 1.54) is 32.1 Å². The lowest BCUT2D eigenvalue weighted by Gasteiger charge is -2.46. The standard InChI is InChI=1S/C13H25N/c1-4-10-6-11-5-9(2)13(14-3)12(7-10)8-11/h9-14H,4-8H2,1-3H3. The van der Waals surface area contributed by atoms with Crippen LogP contribution in [0.2, 0.25) is 0 Å². The summed E-state index contributed by atoms with van der Waals surface area (Å²) in [4.78, 5) is 0. The van der Waals surface area contributed by atoms with Crippen molar-refractivity contribution in [1.29, 1.82) is 0 Å². The summed E-state index contributed by atoms with van der Waals surface area (Å²) in [7, 11) is 2.15. The maximum atomic E-state index is 3.55. The minimum Gasteiger partial charge on any atom is -0.316 e. The van der Waals surface area contributed by atoms with Crippen LogP contribution in [-0.2, 0) is 0 Å². The van der Waals surface area contributed by atoms with Crippen molar-refractivity contribution in [3.8, 4) is 0 Å². The molecule has 2 aliphatic rings. The number of hydrogen-bond donors (Lipinski definition) is 1. The van der Waals surface area contributed by atoms with Crippen molar-refractivity contribution in [2.75, 3.05) is 7.05 Å². The molecule has 5 atom stereocenters. The van der Waals surface area contributed by atoms with Gasteiger partial charge in [0.15, 0.2) is 0 Å². The van der Waals surface area contributed by atoms with Gasteiger partial charge in [-0.2, -0.15) is 0 Å². The molecule has 0 amide bonds. The zero-order valence-corrected chi connectivity index (χ0v) is 9.92. The van der Waals surface area contributed by atoms with Gasteiger partial charge >= 0.3 is 0 Å². The zero-order valence-electron chi connectivity index (χ0n) is 9.92. The molecule has 2 rings (SSSR count). The summed E-state index contributed by atoms with van der Waals surface area (Å²) in [5.41, 5.74) is 0. The third-order valence-corrected chi connectivity index (χ3v) is 4.68. The van der Waals surface area contributed by atoms with Gasteiger partial charge in [0.1, 0.15) is 0 Å². The molecule has 0 saturated heterocycles. The molecule has 1 N–H and O–H groups in total. The number of rotatable bonds is 2. The highest BCUT2D eigenvalue weighted by molar-refractivity contribution is 4.93. The molecule has 1 heteroatoms. The molecule has 1 nitrogen and oxygen atoms in total. The molecular formula is C13H25N. The predicted molar refractivity (Wildman–Crippen MR) is 61.2 cm³/mol. The lowest BCUT2D eigenvalue weighted by molar-refractivity contribution is 0.0671. The third-order valence-electron chi connectivity index (χ3n) is 4.68. The van der Waals surface area contributed by atoms with Crippen molar-refractivity contribution in [3.05, 3.63) is 0 Å². The van der Waals surface area contributed by atoms with Crippen LogP contribution < -0.4 is 5.32 Å². The van der Waals surface area contributed by atoms with Gasteiger partial charge in [-0.25, -0.2) is 0 Å². The van der Waals surface area contributed by atoms with Crippen LogP contribution >= 0.6 is 0 Å². The van der Waals surface area contributed by atoms with Crippen LogP contribution in [0.5, 0.6) is 0 Å². The van der Waals surface area contributed by atoms with E-state index in [2.05, 4.69) is 26.2 Å². The second-order valence-electron chi connectivity index (χ2n) is 5.63. The summed E-state index contributed by atoms with van der Waals surface area (Å²) in [6, 6.07) is 0.806. The maximum absolute atomic E-state index is 3.55. The van der Waals surface area contributed by atoms with Crippen LogP contribution in [0.15, 0.2) is 0 Å². The van der Waals surface area contributed by atoms with Crippen molar-refractivity contribution in [1.82, 2.24) is 5.32 Å². The van der Waals surface area contributed by atoms with E-state index in [9.17, 15) is 0 Å². The molecular weight excluding hydrogens is 170 g/mol. The van der Waals surface area contributed by atoms with Crippen molar-refractivity contribution < 1.29 is 0 Å². The molecule has 14 heavy (non-hydrogen) atoms. The second-order valence-corrected chi connectivity index (χ2v) is 5.63. The smallest absolute Gasteiger partial charge is 0.0118 e. The lowest BCUT2D eigenvalue weighted by atomic mass is 9.62. The molecule has 0 radical (unpaired) electrons. The van der Waals surface area contributed by atoms with E-state index in [4.69, 9.17) is 0 Å². The number of hydrogen-bond acceptors (Lipinski definition) is 1. The molecule has 2 bridgehead atoms. The van der Waals surface area contributed by atoms with Gasteiger partial charge in [-0.1, -0.05) is 20.3 Å². The summed E-state index contributed by atoms with van der Waals surface area (Å²) in [5.74, 6) is 3.97. The molecule has 0 aliphatic heterocycles. The van der Waals surface area contributed by atoms with Crippen molar-refractivity contribution >= 4 is 0 Å². The summed E-state index contributed by atoms with van der Waals surface area (Å²) in [5, 5.41) is 3.55. The molecule has 5 unspecified atom stereocenters. The molecule has 0 spiro atoms. The topological polar surface area (TPSA) is 12.0 Å². The predicted octanol–water partition coefficient (Wildman–Crippen LogP) is 3.06. The highest BCUT2D eigenvalue weighted by Crippen LogP contribution is 2.45. The second kappa shape index (κ2) is 4.22.